The summed E-state index contributed by atoms with van der Waals surface area (Å²) in [5.41, 5.74) is 1.44. The van der Waals surface area contributed by atoms with Crippen LogP contribution in [-0.4, -0.2) is 41.8 Å². The number of carbonyl (C=O) groups is 3. The van der Waals surface area contributed by atoms with Gasteiger partial charge in [0.15, 0.2) is 11.5 Å². The summed E-state index contributed by atoms with van der Waals surface area (Å²) >= 11 is 10.5. The first-order chi connectivity index (χ1) is 15.8. The first-order valence-corrected chi connectivity index (χ1v) is 11.9. The second-order valence-electron chi connectivity index (χ2n) is 6.89. The van der Waals surface area contributed by atoms with Crippen molar-refractivity contribution in [2.45, 2.75) is 26.5 Å². The van der Waals surface area contributed by atoms with Gasteiger partial charge in [-0.3, -0.25) is 14.5 Å². The molecule has 0 aliphatic carbocycles. The second kappa shape index (κ2) is 11.1. The van der Waals surface area contributed by atoms with Crippen LogP contribution < -0.4 is 9.47 Å². The Hall–Kier alpha value is -2.49. The van der Waals surface area contributed by atoms with Crippen LogP contribution in [0.5, 0.6) is 11.5 Å². The fraction of sp³-hybridized carbons (Fsp3) is 0.261. The number of hydrogen-bond donors (Lipinski definition) is 0. The van der Waals surface area contributed by atoms with E-state index in [1.165, 1.54) is 14.0 Å². The Bertz CT molecular complexity index is 1120. The van der Waals surface area contributed by atoms with E-state index in [0.717, 1.165) is 22.2 Å². The van der Waals surface area contributed by atoms with Crippen molar-refractivity contribution in [3.8, 4) is 11.5 Å². The zero-order valence-electron chi connectivity index (χ0n) is 18.1. The molecule has 0 radical (unpaired) electrons. The Balaban J connectivity index is 1.88. The molecule has 0 aromatic heterocycles. The smallest absolute Gasteiger partial charge is 0.328 e. The highest BCUT2D eigenvalue weighted by Gasteiger charge is 2.41. The van der Waals surface area contributed by atoms with Crippen molar-refractivity contribution in [2.24, 2.45) is 0 Å². The fourth-order valence-corrected chi connectivity index (χ4v) is 4.75. The topological polar surface area (TPSA) is 82.1 Å². The van der Waals surface area contributed by atoms with Crippen molar-refractivity contribution >= 4 is 62.5 Å². The standard InChI is InChI=1S/C23H21BrClNO6S/c1-4-31-18-10-14(9-16(24)20(18)32-12-15-7-5-6-8-17(15)25)11-19-21(27)26(23(29)33-19)13(2)22(28)30-3/h5-11,13H,4,12H2,1-3H3/b19-11+/t13-/m1/s1. The molecule has 0 unspecified atom stereocenters. The lowest BCUT2D eigenvalue weighted by molar-refractivity contribution is -0.148. The maximum atomic E-state index is 12.8. The van der Waals surface area contributed by atoms with Crippen LogP contribution in [0.3, 0.4) is 0 Å². The molecule has 2 aromatic carbocycles. The van der Waals surface area contributed by atoms with E-state index in [0.29, 0.717) is 33.2 Å². The predicted octanol–water partition coefficient (Wildman–Crippen LogP) is 5.68. The third-order valence-electron chi connectivity index (χ3n) is 4.71. The maximum absolute atomic E-state index is 12.8. The Labute approximate surface area is 209 Å². The normalized spacial score (nSPS) is 15.7. The summed E-state index contributed by atoms with van der Waals surface area (Å²) in [5, 5.41) is 0.0630. The Morgan fingerprint density at radius 1 is 1.24 bits per heavy atom. The van der Waals surface area contributed by atoms with Gasteiger partial charge in [-0.15, -0.1) is 0 Å². The summed E-state index contributed by atoms with van der Waals surface area (Å²) in [6, 6.07) is 9.83. The van der Waals surface area contributed by atoms with Gasteiger partial charge in [-0.1, -0.05) is 29.8 Å². The Morgan fingerprint density at radius 2 is 1.97 bits per heavy atom. The minimum atomic E-state index is -1.01. The molecule has 1 aliphatic rings. The van der Waals surface area contributed by atoms with Gasteiger partial charge in [-0.2, -0.15) is 0 Å². The van der Waals surface area contributed by atoms with Crippen LogP contribution in [0.1, 0.15) is 25.0 Å². The third kappa shape index (κ3) is 5.72. The average molecular weight is 555 g/mol. The van der Waals surface area contributed by atoms with E-state index >= 15 is 0 Å². The fourth-order valence-electron chi connectivity index (χ4n) is 3.08. The van der Waals surface area contributed by atoms with Gasteiger partial charge < -0.3 is 14.2 Å². The number of benzene rings is 2. The van der Waals surface area contributed by atoms with Gasteiger partial charge in [0, 0.05) is 10.6 Å². The molecular formula is C23H21BrClNO6S. The molecular weight excluding hydrogens is 534 g/mol. The summed E-state index contributed by atoms with van der Waals surface area (Å²) in [6.07, 6.45) is 1.57. The van der Waals surface area contributed by atoms with Crippen molar-refractivity contribution in [1.82, 2.24) is 4.90 Å². The van der Waals surface area contributed by atoms with Crippen LogP contribution in [0.15, 0.2) is 45.8 Å². The summed E-state index contributed by atoms with van der Waals surface area (Å²) in [7, 11) is 1.20. The highest BCUT2D eigenvalue weighted by Crippen LogP contribution is 2.40. The number of methoxy groups -OCH3 is 1. The van der Waals surface area contributed by atoms with E-state index in [1.807, 2.05) is 25.1 Å². The molecule has 10 heteroatoms. The molecule has 0 saturated carbocycles. The summed E-state index contributed by atoms with van der Waals surface area (Å²) in [4.78, 5) is 38.0. The van der Waals surface area contributed by atoms with Gasteiger partial charge in [0.1, 0.15) is 12.6 Å². The van der Waals surface area contributed by atoms with Crippen LogP contribution in [0.4, 0.5) is 4.79 Å². The number of rotatable bonds is 8. The molecule has 1 heterocycles. The number of ether oxygens (including phenoxy) is 3. The number of thioether (sulfide) groups is 1. The number of hydrogen-bond acceptors (Lipinski definition) is 7. The lowest BCUT2D eigenvalue weighted by Gasteiger charge is -2.18. The molecule has 33 heavy (non-hydrogen) atoms. The number of esters is 1. The van der Waals surface area contributed by atoms with E-state index in [2.05, 4.69) is 20.7 Å². The van der Waals surface area contributed by atoms with E-state index in [4.69, 9.17) is 21.1 Å². The second-order valence-corrected chi connectivity index (χ2v) is 9.15. The Kier molecular flexibility index (Phi) is 8.45. The van der Waals surface area contributed by atoms with Crippen molar-refractivity contribution in [3.05, 3.63) is 61.9 Å². The first kappa shape index (κ1) is 25.1. The zero-order chi connectivity index (χ0) is 24.1. The van der Waals surface area contributed by atoms with Crippen LogP contribution in [0.2, 0.25) is 5.02 Å². The summed E-state index contributed by atoms with van der Waals surface area (Å²) in [5.74, 6) is -0.273. The number of amides is 2. The van der Waals surface area contributed by atoms with Gasteiger partial charge in [-0.05, 0) is 71.4 Å². The quantitative estimate of drug-likeness (QED) is 0.307. The summed E-state index contributed by atoms with van der Waals surface area (Å²) in [6.45, 7) is 3.92. The average Bonchev–Trinajstić information content (AvgIpc) is 3.06. The highest BCUT2D eigenvalue weighted by molar-refractivity contribution is 9.10. The number of carbonyl (C=O) groups excluding carboxylic acids is 3. The molecule has 0 bridgehead atoms. The van der Waals surface area contributed by atoms with Gasteiger partial charge in [0.2, 0.25) is 0 Å². The zero-order valence-corrected chi connectivity index (χ0v) is 21.3. The number of imide groups is 1. The van der Waals surface area contributed by atoms with E-state index in [9.17, 15) is 14.4 Å². The van der Waals surface area contributed by atoms with Gasteiger partial charge in [-0.25, -0.2) is 4.79 Å². The van der Waals surface area contributed by atoms with Gasteiger partial charge in [0.05, 0.1) is 23.1 Å². The Morgan fingerprint density at radius 3 is 2.64 bits per heavy atom. The first-order valence-electron chi connectivity index (χ1n) is 9.94. The SMILES string of the molecule is CCOc1cc(/C=C2/SC(=O)N([C@H](C)C(=O)OC)C2=O)cc(Br)c1OCc1ccccc1Cl. The molecule has 1 saturated heterocycles. The van der Waals surface area contributed by atoms with Crippen LogP contribution in [-0.2, 0) is 20.9 Å². The minimum Gasteiger partial charge on any atom is -0.490 e. The predicted molar refractivity (Wildman–Crippen MR) is 130 cm³/mol. The van der Waals surface area contributed by atoms with Crippen LogP contribution in [0.25, 0.3) is 6.08 Å². The largest absolute Gasteiger partial charge is 0.490 e. The molecule has 7 nitrogen and oxygen atoms in total. The monoisotopic (exact) mass is 553 g/mol. The summed E-state index contributed by atoms with van der Waals surface area (Å²) < 4.78 is 17.0. The maximum Gasteiger partial charge on any atom is 0.328 e. The van der Waals surface area contributed by atoms with Crippen molar-refractivity contribution in [1.29, 1.82) is 0 Å². The molecule has 0 N–H and O–H groups in total. The van der Waals surface area contributed by atoms with E-state index in [1.54, 1.807) is 24.3 Å². The molecule has 2 aromatic rings. The molecule has 3 rings (SSSR count). The molecule has 2 amide bonds. The van der Waals surface area contributed by atoms with E-state index < -0.39 is 23.2 Å². The molecule has 1 aliphatic heterocycles. The van der Waals surface area contributed by atoms with Crippen LogP contribution >= 0.6 is 39.3 Å². The van der Waals surface area contributed by atoms with Crippen molar-refractivity contribution < 1.29 is 28.6 Å². The van der Waals surface area contributed by atoms with Crippen molar-refractivity contribution in [2.75, 3.05) is 13.7 Å². The third-order valence-corrected chi connectivity index (χ3v) is 6.55. The molecule has 174 valence electrons. The number of halogens is 2. The molecule has 1 fully saturated rings. The lowest BCUT2D eigenvalue weighted by Crippen LogP contribution is -2.42. The van der Waals surface area contributed by atoms with Gasteiger partial charge in [0.25, 0.3) is 11.1 Å². The van der Waals surface area contributed by atoms with Crippen molar-refractivity contribution in [3.63, 3.8) is 0 Å². The lowest BCUT2D eigenvalue weighted by atomic mass is 10.1. The molecule has 1 atom stereocenters. The van der Waals surface area contributed by atoms with E-state index in [-0.39, 0.29) is 11.5 Å². The molecule has 0 spiro atoms. The van der Waals surface area contributed by atoms with Gasteiger partial charge >= 0.3 is 5.97 Å². The minimum absolute atomic E-state index is 0.190. The van der Waals surface area contributed by atoms with Crippen LogP contribution in [0, 0.1) is 0 Å². The number of nitrogens with zero attached hydrogens (tertiary/aromatic N) is 1. The highest BCUT2D eigenvalue weighted by atomic mass is 79.9.